The van der Waals surface area contributed by atoms with Crippen LogP contribution < -0.4 is 10.2 Å². The zero-order valence-corrected chi connectivity index (χ0v) is 18.9. The van der Waals surface area contributed by atoms with Gasteiger partial charge >= 0.3 is 0 Å². The molecule has 0 radical (unpaired) electrons. The molecule has 3 aromatic rings. The van der Waals surface area contributed by atoms with Crippen LogP contribution in [0.4, 0.5) is 5.82 Å². The molecule has 6 heteroatoms. The zero-order chi connectivity index (χ0) is 21.6. The van der Waals surface area contributed by atoms with Gasteiger partial charge in [-0.05, 0) is 61.9 Å². The number of thioether (sulfide) groups is 1. The van der Waals surface area contributed by atoms with Crippen LogP contribution in [0.25, 0.3) is 11.3 Å². The highest BCUT2D eigenvalue weighted by Gasteiger charge is 2.25. The van der Waals surface area contributed by atoms with Crippen molar-refractivity contribution in [3.63, 3.8) is 0 Å². The van der Waals surface area contributed by atoms with Crippen molar-refractivity contribution in [1.29, 1.82) is 0 Å². The summed E-state index contributed by atoms with van der Waals surface area (Å²) < 4.78 is 0. The summed E-state index contributed by atoms with van der Waals surface area (Å²) in [5, 5.41) is 12.0. The van der Waals surface area contributed by atoms with E-state index in [9.17, 15) is 4.79 Å². The summed E-state index contributed by atoms with van der Waals surface area (Å²) in [7, 11) is 0. The minimum absolute atomic E-state index is 0.0567. The van der Waals surface area contributed by atoms with E-state index in [2.05, 4.69) is 76.1 Å². The van der Waals surface area contributed by atoms with Crippen LogP contribution in [0.15, 0.2) is 65.6 Å². The highest BCUT2D eigenvalue weighted by Crippen LogP contribution is 2.24. The predicted octanol–water partition coefficient (Wildman–Crippen LogP) is 4.71. The average molecular weight is 433 g/mol. The number of carbonyl (C=O) groups is 1. The molecule has 0 spiro atoms. The van der Waals surface area contributed by atoms with Crippen molar-refractivity contribution < 1.29 is 4.79 Å². The Labute approximate surface area is 188 Å². The van der Waals surface area contributed by atoms with E-state index < -0.39 is 0 Å². The molecule has 1 aliphatic heterocycles. The number of piperidine rings is 1. The van der Waals surface area contributed by atoms with Gasteiger partial charge in [-0.3, -0.25) is 4.79 Å². The lowest BCUT2D eigenvalue weighted by atomic mass is 9.96. The van der Waals surface area contributed by atoms with Crippen LogP contribution in [0.1, 0.15) is 24.0 Å². The van der Waals surface area contributed by atoms with Crippen LogP contribution in [0.3, 0.4) is 0 Å². The summed E-state index contributed by atoms with van der Waals surface area (Å²) in [6.07, 6.45) is 3.73. The molecule has 1 N–H and O–H groups in total. The number of hydrogen-bond acceptors (Lipinski definition) is 5. The fraction of sp³-hybridized carbons (Fsp3) is 0.320. The number of aryl methyl sites for hydroxylation is 1. The van der Waals surface area contributed by atoms with Crippen molar-refractivity contribution in [3.8, 4) is 11.3 Å². The van der Waals surface area contributed by atoms with Gasteiger partial charge in [0.2, 0.25) is 5.91 Å². The maximum Gasteiger partial charge on any atom is 0.223 e. The quantitative estimate of drug-likeness (QED) is 0.572. The van der Waals surface area contributed by atoms with Gasteiger partial charge in [-0.1, -0.05) is 35.9 Å². The molecule has 1 amide bonds. The molecule has 1 fully saturated rings. The summed E-state index contributed by atoms with van der Waals surface area (Å²) in [5.41, 5.74) is 4.30. The Kier molecular flexibility index (Phi) is 6.87. The van der Waals surface area contributed by atoms with E-state index in [1.54, 1.807) is 11.8 Å². The van der Waals surface area contributed by atoms with Crippen LogP contribution in [0, 0.1) is 12.8 Å². The Morgan fingerprint density at radius 1 is 1.06 bits per heavy atom. The number of anilines is 1. The summed E-state index contributed by atoms with van der Waals surface area (Å²) in [5.74, 6) is 1.08. The summed E-state index contributed by atoms with van der Waals surface area (Å²) in [4.78, 5) is 16.1. The number of carbonyl (C=O) groups excluding carboxylic acids is 1. The lowest BCUT2D eigenvalue weighted by Crippen LogP contribution is -2.40. The maximum atomic E-state index is 12.6. The molecule has 0 aliphatic carbocycles. The zero-order valence-electron chi connectivity index (χ0n) is 18.0. The SMILES string of the molecule is CSc1ccc(CNC(=O)C2CCN(c3ccc(-c4cccc(C)c4)nn3)CC2)cc1. The van der Waals surface area contributed by atoms with Crippen molar-refractivity contribution in [2.45, 2.75) is 31.2 Å². The number of rotatable bonds is 6. The Bertz CT molecular complexity index is 1010. The first-order valence-corrected chi connectivity index (χ1v) is 11.9. The third-order valence-corrected chi connectivity index (χ3v) is 6.52. The molecule has 2 heterocycles. The van der Waals surface area contributed by atoms with Crippen LogP contribution >= 0.6 is 11.8 Å². The Morgan fingerprint density at radius 3 is 2.48 bits per heavy atom. The molecule has 0 atom stereocenters. The third kappa shape index (κ3) is 5.44. The molecular formula is C25H28N4OS. The van der Waals surface area contributed by atoms with E-state index in [0.717, 1.165) is 48.6 Å². The molecule has 2 aromatic carbocycles. The van der Waals surface area contributed by atoms with Gasteiger partial charge in [-0.25, -0.2) is 0 Å². The molecule has 5 nitrogen and oxygen atoms in total. The van der Waals surface area contributed by atoms with E-state index >= 15 is 0 Å². The number of nitrogens with zero attached hydrogens (tertiary/aromatic N) is 3. The van der Waals surface area contributed by atoms with Gasteiger partial charge < -0.3 is 10.2 Å². The van der Waals surface area contributed by atoms with Crippen LogP contribution in [-0.4, -0.2) is 35.4 Å². The molecule has 1 saturated heterocycles. The minimum atomic E-state index is 0.0567. The van der Waals surface area contributed by atoms with Gasteiger partial charge in [0.1, 0.15) is 0 Å². The molecule has 0 saturated carbocycles. The first-order valence-electron chi connectivity index (χ1n) is 10.7. The third-order valence-electron chi connectivity index (χ3n) is 5.78. The van der Waals surface area contributed by atoms with Crippen molar-refractivity contribution in [2.24, 2.45) is 5.92 Å². The molecule has 1 aromatic heterocycles. The molecule has 31 heavy (non-hydrogen) atoms. The van der Waals surface area contributed by atoms with Gasteiger partial charge in [0.25, 0.3) is 0 Å². The van der Waals surface area contributed by atoms with Gasteiger partial charge in [-0.15, -0.1) is 22.0 Å². The Hall–Kier alpha value is -2.86. The molecular weight excluding hydrogens is 404 g/mol. The smallest absolute Gasteiger partial charge is 0.223 e. The fourth-order valence-electron chi connectivity index (χ4n) is 3.90. The molecule has 0 unspecified atom stereocenters. The lowest BCUT2D eigenvalue weighted by Gasteiger charge is -2.31. The minimum Gasteiger partial charge on any atom is -0.355 e. The first-order chi connectivity index (χ1) is 15.1. The van der Waals surface area contributed by atoms with Crippen molar-refractivity contribution >= 4 is 23.5 Å². The molecule has 160 valence electrons. The van der Waals surface area contributed by atoms with Crippen LogP contribution in [0.2, 0.25) is 0 Å². The maximum absolute atomic E-state index is 12.6. The Morgan fingerprint density at radius 2 is 1.84 bits per heavy atom. The van der Waals surface area contributed by atoms with E-state index in [-0.39, 0.29) is 11.8 Å². The number of amides is 1. The van der Waals surface area contributed by atoms with Crippen LogP contribution in [0.5, 0.6) is 0 Å². The van der Waals surface area contributed by atoms with Gasteiger partial charge in [0.05, 0.1) is 5.69 Å². The topological polar surface area (TPSA) is 58.1 Å². The normalized spacial score (nSPS) is 14.5. The highest BCUT2D eigenvalue weighted by molar-refractivity contribution is 7.98. The van der Waals surface area contributed by atoms with Gasteiger partial charge in [-0.2, -0.15) is 0 Å². The first kappa shape index (κ1) is 21.4. The summed E-state index contributed by atoms with van der Waals surface area (Å²) >= 11 is 1.72. The monoisotopic (exact) mass is 432 g/mol. The highest BCUT2D eigenvalue weighted by atomic mass is 32.2. The second kappa shape index (κ2) is 9.96. The summed E-state index contributed by atoms with van der Waals surface area (Å²) in [6.45, 7) is 4.30. The van der Waals surface area contributed by atoms with Crippen molar-refractivity contribution in [1.82, 2.24) is 15.5 Å². The number of hydrogen-bond donors (Lipinski definition) is 1. The van der Waals surface area contributed by atoms with E-state index in [1.165, 1.54) is 10.5 Å². The van der Waals surface area contributed by atoms with Crippen molar-refractivity contribution in [2.75, 3.05) is 24.2 Å². The number of aromatic nitrogens is 2. The second-order valence-electron chi connectivity index (χ2n) is 7.97. The average Bonchev–Trinajstić information content (AvgIpc) is 2.83. The molecule has 4 rings (SSSR count). The van der Waals surface area contributed by atoms with E-state index in [4.69, 9.17) is 0 Å². The van der Waals surface area contributed by atoms with Crippen LogP contribution in [-0.2, 0) is 11.3 Å². The summed E-state index contributed by atoms with van der Waals surface area (Å²) in [6, 6.07) is 20.7. The van der Waals surface area contributed by atoms with Gasteiger partial charge in [0.15, 0.2) is 5.82 Å². The largest absolute Gasteiger partial charge is 0.355 e. The van der Waals surface area contributed by atoms with E-state index in [0.29, 0.717) is 6.54 Å². The Balaban J connectivity index is 1.28. The van der Waals surface area contributed by atoms with Crippen molar-refractivity contribution in [3.05, 3.63) is 71.8 Å². The van der Waals surface area contributed by atoms with E-state index in [1.807, 2.05) is 18.2 Å². The molecule has 0 bridgehead atoms. The second-order valence-corrected chi connectivity index (χ2v) is 8.85. The fourth-order valence-corrected chi connectivity index (χ4v) is 4.31. The number of nitrogens with one attached hydrogen (secondary N) is 1. The standard InChI is InChI=1S/C25H28N4OS/c1-18-4-3-5-21(16-18)23-10-11-24(28-27-23)29-14-12-20(13-15-29)25(30)26-17-19-6-8-22(31-2)9-7-19/h3-11,16,20H,12-15,17H2,1-2H3,(H,26,30). The van der Waals surface area contributed by atoms with Gasteiger partial charge in [0, 0.05) is 36.0 Å². The lowest BCUT2D eigenvalue weighted by molar-refractivity contribution is -0.125. The number of benzene rings is 2. The predicted molar refractivity (Wildman–Crippen MR) is 127 cm³/mol. The molecule has 1 aliphatic rings.